The lowest BCUT2D eigenvalue weighted by molar-refractivity contribution is -0.129. The first-order chi connectivity index (χ1) is 10.1. The molecular weight excluding hydrogens is 323 g/mol. The normalized spacial score (nSPS) is 26.4. The summed E-state index contributed by atoms with van der Waals surface area (Å²) < 4.78 is 12.8. The first kappa shape index (κ1) is 17.6. The number of nitrogens with zero attached hydrogens (tertiary/aromatic N) is 1. The van der Waals surface area contributed by atoms with Crippen molar-refractivity contribution in [2.45, 2.75) is 48.7 Å². The van der Waals surface area contributed by atoms with Crippen molar-refractivity contribution >= 4 is 30.1 Å². The van der Waals surface area contributed by atoms with Gasteiger partial charge in [0.05, 0.1) is 5.75 Å². The predicted molar refractivity (Wildman–Crippen MR) is 90.1 cm³/mol. The van der Waals surface area contributed by atoms with Crippen molar-refractivity contribution in [3.63, 3.8) is 0 Å². The first-order valence-electron chi connectivity index (χ1n) is 7.52. The maximum atomic E-state index is 12.8. The lowest BCUT2D eigenvalue weighted by atomic mass is 9.98. The third kappa shape index (κ3) is 4.15. The second-order valence-electron chi connectivity index (χ2n) is 6.01. The Morgan fingerprint density at radius 3 is 2.45 bits per heavy atom. The lowest BCUT2D eigenvalue weighted by Gasteiger charge is -2.35. The van der Waals surface area contributed by atoms with E-state index in [-0.39, 0.29) is 24.1 Å². The summed E-state index contributed by atoms with van der Waals surface area (Å²) in [5.41, 5.74) is 0. The second kappa shape index (κ2) is 7.66. The van der Waals surface area contributed by atoms with Crippen LogP contribution in [0, 0.1) is 5.82 Å². The number of thioether (sulfide) groups is 1. The van der Waals surface area contributed by atoms with E-state index in [0.717, 1.165) is 17.7 Å². The van der Waals surface area contributed by atoms with Gasteiger partial charge in [-0.15, -0.1) is 24.2 Å². The van der Waals surface area contributed by atoms with Gasteiger partial charge in [0.1, 0.15) is 5.82 Å². The van der Waals surface area contributed by atoms with Gasteiger partial charge in [0.25, 0.3) is 0 Å². The topological polar surface area (TPSA) is 32.3 Å². The molecule has 3 rings (SSSR count). The number of nitrogens with one attached hydrogen (secondary N) is 1. The van der Waals surface area contributed by atoms with Crippen LogP contribution in [0.4, 0.5) is 4.39 Å². The largest absolute Gasteiger partial charge is 0.342 e. The molecule has 2 saturated heterocycles. The van der Waals surface area contributed by atoms with Gasteiger partial charge in [-0.1, -0.05) is 0 Å². The highest BCUT2D eigenvalue weighted by Crippen LogP contribution is 2.29. The Kier molecular flexibility index (Phi) is 6.12. The first-order valence-corrected chi connectivity index (χ1v) is 8.50. The van der Waals surface area contributed by atoms with E-state index in [1.165, 1.54) is 36.7 Å². The molecule has 0 aromatic heterocycles. The molecule has 22 heavy (non-hydrogen) atoms. The van der Waals surface area contributed by atoms with Gasteiger partial charge < -0.3 is 10.2 Å². The molecule has 2 aliphatic heterocycles. The molecule has 2 atom stereocenters. The molecule has 0 aliphatic carbocycles. The van der Waals surface area contributed by atoms with Crippen LogP contribution in [0.25, 0.3) is 0 Å². The standard InChI is InChI=1S/C16H21FN2OS.ClH/c1-19(14-8-12-4-5-13(9-14)18-12)16(20)10-21-15-6-2-11(17)3-7-15;/h2-3,6-7,12-14,18H,4-5,8-10H2,1H3;1H. The SMILES string of the molecule is CN(C(=O)CSc1ccc(F)cc1)C1CC2CCC(C1)N2.Cl. The van der Waals surface area contributed by atoms with Gasteiger partial charge in [0, 0.05) is 30.1 Å². The van der Waals surface area contributed by atoms with Crippen molar-refractivity contribution in [3.05, 3.63) is 30.1 Å². The highest BCUT2D eigenvalue weighted by Gasteiger charge is 2.36. The minimum atomic E-state index is -0.243. The molecule has 0 radical (unpaired) electrons. The third-order valence-electron chi connectivity index (χ3n) is 4.57. The van der Waals surface area contributed by atoms with Crippen LogP contribution in [-0.4, -0.2) is 41.7 Å². The Morgan fingerprint density at radius 1 is 1.27 bits per heavy atom. The summed E-state index contributed by atoms with van der Waals surface area (Å²) >= 11 is 1.47. The number of carbonyl (C=O) groups excluding carboxylic acids is 1. The lowest BCUT2D eigenvalue weighted by Crippen LogP contribution is -2.49. The summed E-state index contributed by atoms with van der Waals surface area (Å²) in [6.45, 7) is 0. The predicted octanol–water partition coefficient (Wildman–Crippen LogP) is 3.08. The Balaban J connectivity index is 0.00000176. The Morgan fingerprint density at radius 2 is 1.86 bits per heavy atom. The van der Waals surface area contributed by atoms with E-state index in [2.05, 4.69) is 5.32 Å². The number of amides is 1. The monoisotopic (exact) mass is 344 g/mol. The van der Waals surface area contributed by atoms with Gasteiger partial charge in [-0.2, -0.15) is 0 Å². The summed E-state index contributed by atoms with van der Waals surface area (Å²) in [4.78, 5) is 15.2. The van der Waals surface area contributed by atoms with Gasteiger partial charge in [-0.3, -0.25) is 4.79 Å². The Hall–Kier alpha value is -0.780. The van der Waals surface area contributed by atoms with Crippen LogP contribution in [0.3, 0.4) is 0 Å². The van der Waals surface area contributed by atoms with E-state index in [0.29, 0.717) is 23.9 Å². The molecule has 2 heterocycles. The molecule has 2 bridgehead atoms. The van der Waals surface area contributed by atoms with Crippen LogP contribution in [0.5, 0.6) is 0 Å². The van der Waals surface area contributed by atoms with Crippen LogP contribution in [-0.2, 0) is 4.79 Å². The number of carbonyl (C=O) groups is 1. The van der Waals surface area contributed by atoms with Crippen LogP contribution in [0.2, 0.25) is 0 Å². The molecule has 6 heteroatoms. The zero-order valence-corrected chi connectivity index (χ0v) is 14.3. The molecule has 3 nitrogen and oxygen atoms in total. The number of piperidine rings is 1. The summed E-state index contributed by atoms with van der Waals surface area (Å²) in [5, 5.41) is 3.60. The third-order valence-corrected chi connectivity index (χ3v) is 5.56. The summed E-state index contributed by atoms with van der Waals surface area (Å²) in [6.07, 6.45) is 4.63. The molecule has 122 valence electrons. The van der Waals surface area contributed by atoms with Crippen LogP contribution in [0.15, 0.2) is 29.2 Å². The van der Waals surface area contributed by atoms with Gasteiger partial charge in [-0.05, 0) is 49.9 Å². The molecular formula is C16H22ClFN2OS. The summed E-state index contributed by atoms with van der Waals surface area (Å²) in [5.74, 6) is 0.338. The Bertz CT molecular complexity index is 501. The van der Waals surface area contributed by atoms with Gasteiger partial charge in [-0.25, -0.2) is 4.39 Å². The molecule has 2 fully saturated rings. The second-order valence-corrected chi connectivity index (χ2v) is 7.06. The molecule has 0 saturated carbocycles. The van der Waals surface area contributed by atoms with E-state index < -0.39 is 0 Å². The van der Waals surface area contributed by atoms with E-state index >= 15 is 0 Å². The van der Waals surface area contributed by atoms with Crippen LogP contribution >= 0.6 is 24.2 Å². The molecule has 2 unspecified atom stereocenters. The maximum absolute atomic E-state index is 12.8. The van der Waals surface area contributed by atoms with Crippen molar-refractivity contribution in [3.8, 4) is 0 Å². The fraction of sp³-hybridized carbons (Fsp3) is 0.562. The van der Waals surface area contributed by atoms with Crippen molar-refractivity contribution in [1.82, 2.24) is 10.2 Å². The fourth-order valence-electron chi connectivity index (χ4n) is 3.32. The van der Waals surface area contributed by atoms with Gasteiger partial charge >= 0.3 is 0 Å². The smallest absolute Gasteiger partial charge is 0.232 e. The quantitative estimate of drug-likeness (QED) is 0.852. The van der Waals surface area contributed by atoms with Crippen molar-refractivity contribution in [2.24, 2.45) is 0 Å². The Labute approximate surface area is 141 Å². The van der Waals surface area contributed by atoms with E-state index in [4.69, 9.17) is 0 Å². The highest BCUT2D eigenvalue weighted by molar-refractivity contribution is 8.00. The number of halogens is 2. The summed E-state index contributed by atoms with van der Waals surface area (Å²) in [6, 6.07) is 7.85. The van der Waals surface area contributed by atoms with Gasteiger partial charge in [0.2, 0.25) is 5.91 Å². The van der Waals surface area contributed by atoms with Crippen molar-refractivity contribution < 1.29 is 9.18 Å². The van der Waals surface area contributed by atoms with Crippen LogP contribution < -0.4 is 5.32 Å². The molecule has 1 N–H and O–H groups in total. The number of fused-ring (bicyclic) bond motifs is 2. The fourth-order valence-corrected chi connectivity index (χ4v) is 4.15. The highest BCUT2D eigenvalue weighted by atomic mass is 35.5. The molecule has 2 aliphatic rings. The number of hydrogen-bond acceptors (Lipinski definition) is 3. The maximum Gasteiger partial charge on any atom is 0.232 e. The van der Waals surface area contributed by atoms with Gasteiger partial charge in [0.15, 0.2) is 0 Å². The minimum absolute atomic E-state index is 0. The van der Waals surface area contributed by atoms with E-state index in [9.17, 15) is 9.18 Å². The molecule has 1 aromatic carbocycles. The average molecular weight is 345 g/mol. The number of rotatable bonds is 4. The van der Waals surface area contributed by atoms with E-state index in [1.807, 2.05) is 11.9 Å². The van der Waals surface area contributed by atoms with Crippen molar-refractivity contribution in [2.75, 3.05) is 12.8 Å². The molecule has 0 spiro atoms. The van der Waals surface area contributed by atoms with Crippen molar-refractivity contribution in [1.29, 1.82) is 0 Å². The van der Waals surface area contributed by atoms with Crippen LogP contribution in [0.1, 0.15) is 25.7 Å². The number of benzene rings is 1. The zero-order valence-electron chi connectivity index (χ0n) is 12.6. The summed E-state index contributed by atoms with van der Waals surface area (Å²) in [7, 11) is 1.92. The van der Waals surface area contributed by atoms with E-state index in [1.54, 1.807) is 12.1 Å². The average Bonchev–Trinajstić information content (AvgIpc) is 2.84. The minimum Gasteiger partial charge on any atom is -0.342 e. The molecule has 1 aromatic rings. The molecule has 1 amide bonds. The number of hydrogen-bond donors (Lipinski definition) is 1. The zero-order chi connectivity index (χ0) is 14.8.